The predicted molar refractivity (Wildman–Crippen MR) is 88.3 cm³/mol. The molecule has 0 radical (unpaired) electrons. The minimum absolute atomic E-state index is 0.364. The van der Waals surface area contributed by atoms with E-state index in [1.54, 1.807) is 18.8 Å². The molecule has 0 saturated heterocycles. The molecular weight excluding hydrogens is 280 g/mol. The van der Waals surface area contributed by atoms with Crippen molar-refractivity contribution in [1.82, 2.24) is 5.32 Å². The maximum atomic E-state index is 12.1. The van der Waals surface area contributed by atoms with Crippen LogP contribution in [0, 0.1) is 6.92 Å². The first-order valence-corrected chi connectivity index (χ1v) is 7.81. The maximum absolute atomic E-state index is 12.1. The summed E-state index contributed by atoms with van der Waals surface area (Å²) in [6.45, 7) is 2.07. The Labute approximate surface area is 129 Å². The summed E-state index contributed by atoms with van der Waals surface area (Å²) in [4.78, 5) is 13.3. The number of carbonyl (C=O) groups excluding carboxylic acids is 1. The summed E-state index contributed by atoms with van der Waals surface area (Å²) in [6, 6.07) is 17.8. The van der Waals surface area contributed by atoms with Crippen molar-refractivity contribution >= 4 is 17.7 Å². The lowest BCUT2D eigenvalue weighted by Crippen LogP contribution is -2.53. The number of rotatable bonds is 6. The van der Waals surface area contributed by atoms with Crippen LogP contribution < -0.4 is 11.1 Å². The standard InChI is InChI=1S/C17H20N2OS/c1-13-8-6-7-11-15(13)21-12-17(19-2,16(18)20)14-9-4-3-5-10-14/h3-11,19H,12H2,1-2H3,(H2,18,20). The summed E-state index contributed by atoms with van der Waals surface area (Å²) in [5.41, 5.74) is 6.92. The fraction of sp³-hybridized carbons (Fsp3) is 0.235. The molecule has 0 saturated carbocycles. The Kier molecular flexibility index (Phi) is 5.04. The molecule has 1 unspecified atom stereocenters. The number of amides is 1. The summed E-state index contributed by atoms with van der Waals surface area (Å²) in [5.74, 6) is 0.186. The Bertz CT molecular complexity index is 615. The molecule has 0 aliphatic carbocycles. The molecule has 2 rings (SSSR count). The molecule has 3 N–H and O–H groups in total. The second-order valence-electron chi connectivity index (χ2n) is 4.94. The van der Waals surface area contributed by atoms with E-state index in [9.17, 15) is 4.79 Å². The average molecular weight is 300 g/mol. The van der Waals surface area contributed by atoms with E-state index in [1.807, 2.05) is 42.5 Å². The molecule has 0 heterocycles. The molecule has 1 amide bonds. The number of hydrogen-bond acceptors (Lipinski definition) is 3. The Morgan fingerprint density at radius 2 is 1.76 bits per heavy atom. The summed E-state index contributed by atoms with van der Waals surface area (Å²) in [6.07, 6.45) is 0. The van der Waals surface area contributed by atoms with E-state index in [1.165, 1.54) is 5.56 Å². The van der Waals surface area contributed by atoms with Crippen LogP contribution in [0.4, 0.5) is 0 Å². The van der Waals surface area contributed by atoms with Crippen LogP contribution in [0.15, 0.2) is 59.5 Å². The monoisotopic (exact) mass is 300 g/mol. The van der Waals surface area contributed by atoms with Crippen LogP contribution in [0.5, 0.6) is 0 Å². The molecule has 0 aliphatic rings. The quantitative estimate of drug-likeness (QED) is 0.807. The van der Waals surface area contributed by atoms with Gasteiger partial charge in [-0.25, -0.2) is 0 Å². The molecule has 0 aliphatic heterocycles. The lowest BCUT2D eigenvalue weighted by atomic mass is 9.91. The van der Waals surface area contributed by atoms with E-state index < -0.39 is 5.54 Å². The number of thioether (sulfide) groups is 1. The Balaban J connectivity index is 2.30. The van der Waals surface area contributed by atoms with E-state index in [-0.39, 0.29) is 5.91 Å². The van der Waals surface area contributed by atoms with Gasteiger partial charge in [-0.15, -0.1) is 11.8 Å². The van der Waals surface area contributed by atoms with Gasteiger partial charge in [0.05, 0.1) is 0 Å². The smallest absolute Gasteiger partial charge is 0.243 e. The molecule has 0 aromatic heterocycles. The normalized spacial score (nSPS) is 13.6. The molecule has 0 fully saturated rings. The van der Waals surface area contributed by atoms with Gasteiger partial charge in [-0.3, -0.25) is 4.79 Å². The van der Waals surface area contributed by atoms with E-state index in [0.29, 0.717) is 5.75 Å². The zero-order chi connectivity index (χ0) is 15.3. The number of aryl methyl sites for hydroxylation is 1. The van der Waals surface area contributed by atoms with Gasteiger partial charge < -0.3 is 11.1 Å². The molecule has 110 valence electrons. The second kappa shape index (κ2) is 6.78. The molecule has 0 spiro atoms. The van der Waals surface area contributed by atoms with Gasteiger partial charge in [-0.2, -0.15) is 0 Å². The highest BCUT2D eigenvalue weighted by Crippen LogP contribution is 2.31. The molecule has 21 heavy (non-hydrogen) atoms. The SMILES string of the molecule is CNC(CSc1ccccc1C)(C(N)=O)c1ccccc1. The molecule has 4 heteroatoms. The van der Waals surface area contributed by atoms with Crippen molar-refractivity contribution in [3.05, 3.63) is 65.7 Å². The van der Waals surface area contributed by atoms with Crippen LogP contribution in [0.1, 0.15) is 11.1 Å². The Hall–Kier alpha value is -1.78. The van der Waals surface area contributed by atoms with Crippen LogP contribution in [-0.4, -0.2) is 18.7 Å². The summed E-state index contributed by atoms with van der Waals surface area (Å²) < 4.78 is 0. The minimum Gasteiger partial charge on any atom is -0.368 e. The first-order chi connectivity index (χ1) is 10.1. The van der Waals surface area contributed by atoms with Gasteiger partial charge in [0.25, 0.3) is 0 Å². The van der Waals surface area contributed by atoms with Gasteiger partial charge in [0.2, 0.25) is 5.91 Å². The largest absolute Gasteiger partial charge is 0.368 e. The zero-order valence-electron chi connectivity index (χ0n) is 12.3. The van der Waals surface area contributed by atoms with Crippen molar-refractivity contribution in [2.24, 2.45) is 5.73 Å². The van der Waals surface area contributed by atoms with Gasteiger partial charge in [0.1, 0.15) is 5.54 Å². The summed E-state index contributed by atoms with van der Waals surface area (Å²) >= 11 is 1.64. The van der Waals surface area contributed by atoms with Crippen LogP contribution in [0.2, 0.25) is 0 Å². The topological polar surface area (TPSA) is 55.1 Å². The highest BCUT2D eigenvalue weighted by molar-refractivity contribution is 7.99. The molecule has 0 bridgehead atoms. The Morgan fingerprint density at radius 1 is 1.14 bits per heavy atom. The molecule has 1 atom stereocenters. The molecule has 2 aromatic carbocycles. The third kappa shape index (κ3) is 3.28. The molecule has 2 aromatic rings. The lowest BCUT2D eigenvalue weighted by Gasteiger charge is -2.30. The van der Waals surface area contributed by atoms with E-state index in [0.717, 1.165) is 10.5 Å². The second-order valence-corrected chi connectivity index (χ2v) is 5.96. The van der Waals surface area contributed by atoms with Crippen molar-refractivity contribution in [2.45, 2.75) is 17.4 Å². The summed E-state index contributed by atoms with van der Waals surface area (Å²) in [7, 11) is 1.77. The van der Waals surface area contributed by atoms with Crippen molar-refractivity contribution in [1.29, 1.82) is 0 Å². The van der Waals surface area contributed by atoms with Gasteiger partial charge >= 0.3 is 0 Å². The van der Waals surface area contributed by atoms with E-state index in [2.05, 4.69) is 24.4 Å². The fourth-order valence-electron chi connectivity index (χ4n) is 2.26. The molecular formula is C17H20N2OS. The van der Waals surface area contributed by atoms with Crippen molar-refractivity contribution in [3.8, 4) is 0 Å². The maximum Gasteiger partial charge on any atom is 0.243 e. The van der Waals surface area contributed by atoms with Gasteiger partial charge in [0.15, 0.2) is 0 Å². The zero-order valence-corrected chi connectivity index (χ0v) is 13.1. The highest BCUT2D eigenvalue weighted by atomic mass is 32.2. The third-order valence-corrected chi connectivity index (χ3v) is 5.00. The van der Waals surface area contributed by atoms with Gasteiger partial charge in [0, 0.05) is 10.6 Å². The third-order valence-electron chi connectivity index (χ3n) is 3.65. The summed E-state index contributed by atoms with van der Waals surface area (Å²) in [5, 5.41) is 3.13. The number of hydrogen-bond donors (Lipinski definition) is 2. The van der Waals surface area contributed by atoms with E-state index in [4.69, 9.17) is 5.73 Å². The van der Waals surface area contributed by atoms with Crippen LogP contribution in [-0.2, 0) is 10.3 Å². The van der Waals surface area contributed by atoms with Gasteiger partial charge in [-0.05, 0) is 31.2 Å². The Morgan fingerprint density at radius 3 is 2.33 bits per heavy atom. The van der Waals surface area contributed by atoms with Gasteiger partial charge in [-0.1, -0.05) is 48.5 Å². The molecule has 3 nitrogen and oxygen atoms in total. The number of likely N-dealkylation sites (N-methyl/N-ethyl adjacent to an activating group) is 1. The van der Waals surface area contributed by atoms with Crippen LogP contribution in [0.25, 0.3) is 0 Å². The first-order valence-electron chi connectivity index (χ1n) is 6.83. The van der Waals surface area contributed by atoms with Crippen molar-refractivity contribution in [2.75, 3.05) is 12.8 Å². The predicted octanol–water partition coefficient (Wildman–Crippen LogP) is 2.69. The minimum atomic E-state index is -0.867. The number of nitrogens with two attached hydrogens (primary N) is 1. The number of nitrogens with one attached hydrogen (secondary N) is 1. The van der Waals surface area contributed by atoms with Crippen molar-refractivity contribution < 1.29 is 4.79 Å². The van der Waals surface area contributed by atoms with E-state index >= 15 is 0 Å². The van der Waals surface area contributed by atoms with Crippen LogP contribution in [0.3, 0.4) is 0 Å². The fourth-order valence-corrected chi connectivity index (χ4v) is 3.56. The highest BCUT2D eigenvalue weighted by Gasteiger charge is 2.37. The number of primary amides is 1. The first kappa shape index (κ1) is 15.6. The van der Waals surface area contributed by atoms with Crippen LogP contribution >= 0.6 is 11.8 Å². The lowest BCUT2D eigenvalue weighted by molar-refractivity contribution is -0.123. The van der Waals surface area contributed by atoms with Crippen molar-refractivity contribution in [3.63, 3.8) is 0 Å². The average Bonchev–Trinajstić information content (AvgIpc) is 2.51. The number of carbonyl (C=O) groups is 1. The number of benzene rings is 2.